The minimum atomic E-state index is -1.65. The summed E-state index contributed by atoms with van der Waals surface area (Å²) in [5.74, 6) is -5.53. The van der Waals surface area contributed by atoms with Crippen LogP contribution < -0.4 is 14.8 Å². The van der Waals surface area contributed by atoms with Gasteiger partial charge in [-0.3, -0.25) is 9.59 Å². The molecular formula is C60H71N2O17+. The molecule has 19 heteroatoms. The third-order valence-corrected chi connectivity index (χ3v) is 12.6. The van der Waals surface area contributed by atoms with Crippen LogP contribution in [0.1, 0.15) is 63.7 Å². The minimum Gasteiger partial charge on any atom is -0.465 e. The smallest absolute Gasteiger partial charge is 0.338 e. The Morgan fingerprint density at radius 3 is 1.56 bits per heavy atom. The highest BCUT2D eigenvalue weighted by atomic mass is 16.6. The number of Topliss-reactive ketones (excluding diaryl/α,β-unsaturated/α-hetero) is 1. The molecular weight excluding hydrogens is 1020 g/mol. The maximum atomic E-state index is 13.9. The molecule has 0 unspecified atom stereocenters. The lowest BCUT2D eigenvalue weighted by atomic mass is 9.90. The molecule has 0 saturated carbocycles. The molecule has 0 amide bonds. The summed E-state index contributed by atoms with van der Waals surface area (Å²) in [4.78, 5) is 104. The number of nitrogens with zero attached hydrogens (tertiary/aromatic N) is 2. The first-order valence-corrected chi connectivity index (χ1v) is 25.8. The summed E-state index contributed by atoms with van der Waals surface area (Å²) in [5.41, 5.74) is 1.00. The summed E-state index contributed by atoms with van der Waals surface area (Å²) in [6.07, 6.45) is 3.84. The Hall–Kier alpha value is -8.45. The molecule has 2 aromatic rings. The number of fused-ring (bicyclic) bond motifs is 2. The van der Waals surface area contributed by atoms with Gasteiger partial charge >= 0.3 is 41.8 Å². The van der Waals surface area contributed by atoms with E-state index in [9.17, 15) is 38.4 Å². The number of anilines is 1. The largest absolute Gasteiger partial charge is 0.465 e. The summed E-state index contributed by atoms with van der Waals surface area (Å²) in [6, 6.07) is 19.4. The first-order chi connectivity index (χ1) is 38.0. The fourth-order valence-corrected chi connectivity index (χ4v) is 8.19. The van der Waals surface area contributed by atoms with Crippen molar-refractivity contribution in [3.63, 3.8) is 0 Å². The van der Waals surface area contributed by atoms with E-state index in [0.29, 0.717) is 22.5 Å². The molecule has 2 aliphatic rings. The van der Waals surface area contributed by atoms with Gasteiger partial charge in [-0.2, -0.15) is 0 Å². The van der Waals surface area contributed by atoms with Crippen molar-refractivity contribution in [3.8, 4) is 22.5 Å². The molecule has 422 valence electrons. The van der Waals surface area contributed by atoms with Gasteiger partial charge in [-0.25, -0.2) is 33.3 Å². The Morgan fingerprint density at radius 2 is 1.06 bits per heavy atom. The van der Waals surface area contributed by atoms with Crippen molar-refractivity contribution in [3.05, 3.63) is 135 Å². The molecule has 4 rings (SSSR count). The molecule has 1 aliphatic heterocycles. The van der Waals surface area contributed by atoms with Crippen molar-refractivity contribution in [2.24, 2.45) is 10.8 Å². The van der Waals surface area contributed by atoms with Crippen molar-refractivity contribution < 1.29 is 80.7 Å². The molecule has 79 heavy (non-hydrogen) atoms. The zero-order chi connectivity index (χ0) is 58.0. The lowest BCUT2D eigenvalue weighted by molar-refractivity contribution is -0.171. The number of carbonyl (C=O) groups is 8. The van der Waals surface area contributed by atoms with Crippen LogP contribution in [0.3, 0.4) is 0 Å². The molecule has 1 aliphatic carbocycles. The number of carbonyl (C=O) groups excluding carboxylic acids is 8. The molecule has 2 aromatic carbocycles. The molecule has 0 bridgehead atoms. The fraction of sp³-hybridized carbons (Fsp3) is 0.383. The summed E-state index contributed by atoms with van der Waals surface area (Å²) in [6.45, 7) is 23.9. The summed E-state index contributed by atoms with van der Waals surface area (Å²) in [7, 11) is 0. The van der Waals surface area contributed by atoms with Crippen LogP contribution in [-0.2, 0) is 71.5 Å². The van der Waals surface area contributed by atoms with Gasteiger partial charge in [0, 0.05) is 90.6 Å². The summed E-state index contributed by atoms with van der Waals surface area (Å²) < 4.78 is 52.7. The molecule has 19 nitrogen and oxygen atoms in total. The predicted octanol–water partition coefficient (Wildman–Crippen LogP) is 7.33. The van der Waals surface area contributed by atoms with Crippen molar-refractivity contribution in [1.29, 1.82) is 0 Å². The van der Waals surface area contributed by atoms with Crippen LogP contribution in [-0.4, -0.2) is 133 Å². The predicted molar refractivity (Wildman–Crippen MR) is 294 cm³/mol. The quantitative estimate of drug-likeness (QED) is 0.0110. The Balaban J connectivity index is 1.48. The number of ether oxygens (including phenoxy) is 8. The average molecular weight is 1090 g/mol. The molecule has 0 radical (unpaired) electrons. The second-order valence-corrected chi connectivity index (χ2v) is 18.2. The number of rotatable bonds is 35. The number of benzene rings is 3. The number of ketones is 1. The number of hydrogen-bond acceptors (Lipinski definition) is 18. The summed E-state index contributed by atoms with van der Waals surface area (Å²) >= 11 is 0. The van der Waals surface area contributed by atoms with E-state index in [1.54, 1.807) is 12.1 Å². The van der Waals surface area contributed by atoms with Gasteiger partial charge in [0.2, 0.25) is 5.36 Å². The fourth-order valence-electron chi connectivity index (χ4n) is 8.19. The van der Waals surface area contributed by atoms with E-state index in [1.165, 1.54) is 0 Å². The molecule has 0 aromatic heterocycles. The van der Waals surface area contributed by atoms with Crippen LogP contribution in [0.4, 0.5) is 5.69 Å². The van der Waals surface area contributed by atoms with E-state index in [4.69, 9.17) is 42.3 Å². The van der Waals surface area contributed by atoms with Gasteiger partial charge in [-0.15, -0.1) is 0 Å². The van der Waals surface area contributed by atoms with Crippen LogP contribution in [0.25, 0.3) is 33.4 Å². The third kappa shape index (κ3) is 18.6. The molecule has 0 saturated heterocycles. The van der Waals surface area contributed by atoms with Crippen LogP contribution in [0.2, 0.25) is 0 Å². The zero-order valence-electron chi connectivity index (χ0n) is 45.6. The van der Waals surface area contributed by atoms with Gasteiger partial charge in [0.05, 0.1) is 48.7 Å². The molecule has 0 fully saturated rings. The highest BCUT2D eigenvalue weighted by Gasteiger charge is 2.41. The Bertz CT molecular complexity index is 2820. The maximum Gasteiger partial charge on any atom is 0.338 e. The lowest BCUT2D eigenvalue weighted by Crippen LogP contribution is -2.47. The standard InChI is InChI=1S/C60H71N2O17/c1-10-51(64)73-36-59(37-74-52(65)11-2,38-75-53(66)12-3)34-71-35-60(39-76-54(67)13-4,40-77-55(68)14-5)41-78-56(69)30-27-44(63)22-21-31-72-58(70)46-24-20-19-23-45(46)57-47-28-25-42(61(15-6)16-7)32-49(47)79-50-33-43(26-29-48(50)57)62(17-8)18-9/h10-14,19-20,23-26,28-29,32-33H,1-5,15-18,21-22,27,30-31,34-41H2,6-9H3/q+1. The van der Waals surface area contributed by atoms with Gasteiger partial charge in [0.25, 0.3) is 0 Å². The second-order valence-electron chi connectivity index (χ2n) is 18.2. The lowest BCUT2D eigenvalue weighted by Gasteiger charge is -2.35. The van der Waals surface area contributed by atoms with Crippen LogP contribution >= 0.6 is 0 Å². The van der Waals surface area contributed by atoms with Gasteiger partial charge < -0.3 is 47.2 Å². The minimum absolute atomic E-state index is 0.0394. The van der Waals surface area contributed by atoms with E-state index < -0.39 is 105 Å². The Labute approximate surface area is 460 Å². The van der Waals surface area contributed by atoms with Crippen molar-refractivity contribution >= 4 is 64.2 Å². The van der Waals surface area contributed by atoms with E-state index in [2.05, 4.69) is 70.1 Å². The van der Waals surface area contributed by atoms with Crippen molar-refractivity contribution in [2.75, 3.05) is 90.5 Å². The SMILES string of the molecule is C=CC(=O)OCC(COCC(COC(=O)C=C)(COC(=O)C=C)COC(=O)CCC(=O)CCCOC(=O)c1ccccc1-c1c2ccc(=[N+](CC)CC)cc-2oc2cc(N(CC)CC)ccc12)(COC(=O)C=C)COC(=O)C=C. The van der Waals surface area contributed by atoms with E-state index in [-0.39, 0.29) is 38.1 Å². The van der Waals surface area contributed by atoms with E-state index in [0.717, 1.165) is 84.1 Å². The normalized spacial score (nSPS) is 11.1. The number of hydrogen-bond donors (Lipinski definition) is 0. The third-order valence-electron chi connectivity index (χ3n) is 12.6. The zero-order valence-corrected chi connectivity index (χ0v) is 45.6. The van der Waals surface area contributed by atoms with E-state index >= 15 is 0 Å². The highest BCUT2D eigenvalue weighted by molar-refractivity contribution is 6.08. The van der Waals surface area contributed by atoms with Gasteiger partial charge in [-0.05, 0) is 63.9 Å². The van der Waals surface area contributed by atoms with Gasteiger partial charge in [-0.1, -0.05) is 51.1 Å². The molecule has 0 atom stereocenters. The van der Waals surface area contributed by atoms with E-state index in [1.807, 2.05) is 48.5 Å². The Kier molecular flexibility index (Phi) is 25.3. The average Bonchev–Trinajstić information content (AvgIpc) is 3.66. The van der Waals surface area contributed by atoms with Crippen molar-refractivity contribution in [2.45, 2.75) is 53.4 Å². The Morgan fingerprint density at radius 1 is 0.557 bits per heavy atom. The van der Waals surface area contributed by atoms with Crippen LogP contribution in [0, 0.1) is 10.8 Å². The monoisotopic (exact) mass is 1090 g/mol. The highest BCUT2D eigenvalue weighted by Crippen LogP contribution is 2.42. The molecule has 0 spiro atoms. The van der Waals surface area contributed by atoms with Crippen molar-refractivity contribution in [1.82, 2.24) is 4.58 Å². The maximum absolute atomic E-state index is 13.9. The second kappa shape index (κ2) is 31.7. The molecule has 1 heterocycles. The van der Waals surface area contributed by atoms with Gasteiger partial charge in [0.15, 0.2) is 0 Å². The first-order valence-electron chi connectivity index (χ1n) is 25.8. The van der Waals surface area contributed by atoms with Crippen LogP contribution in [0.15, 0.2) is 128 Å². The van der Waals surface area contributed by atoms with Crippen LogP contribution in [0.5, 0.6) is 0 Å². The topological polar surface area (TPSA) is 230 Å². The first kappa shape index (κ1) is 63.1. The van der Waals surface area contributed by atoms with Gasteiger partial charge in [0.1, 0.15) is 69.9 Å². The summed E-state index contributed by atoms with van der Waals surface area (Å²) in [5, 5.41) is 1.82. The number of esters is 7. The molecule has 0 N–H and O–H groups in total.